The third-order valence-corrected chi connectivity index (χ3v) is 3.45. The molecule has 2 aromatic rings. The van der Waals surface area contributed by atoms with Gasteiger partial charge in [0.1, 0.15) is 5.76 Å². The lowest BCUT2D eigenvalue weighted by molar-refractivity contribution is -0.140. The first kappa shape index (κ1) is 18.6. The fraction of sp³-hybridized carbons (Fsp3) is 0.0625. The van der Waals surface area contributed by atoms with Gasteiger partial charge < -0.3 is 9.73 Å². The Hall–Kier alpha value is -2.77. The highest BCUT2D eigenvalue weighted by atomic mass is 35.5. The zero-order chi connectivity index (χ0) is 18.2. The van der Waals surface area contributed by atoms with Crippen LogP contribution in [0.25, 0.3) is 6.08 Å². The zero-order valence-corrected chi connectivity index (χ0v) is 14.2. The Morgan fingerprint density at radius 3 is 2.56 bits per heavy atom. The Kier molecular flexibility index (Phi) is 6.62. The maximum absolute atomic E-state index is 11.6. The molecule has 1 heterocycles. The summed E-state index contributed by atoms with van der Waals surface area (Å²) in [5.74, 6) is -2.08. The van der Waals surface area contributed by atoms with Crippen LogP contribution < -0.4 is 16.2 Å². The molecule has 0 aliphatic heterocycles. The Morgan fingerprint density at radius 2 is 1.88 bits per heavy atom. The summed E-state index contributed by atoms with van der Waals surface area (Å²) >= 11 is 11.7. The smallest absolute Gasteiger partial charge is 0.327 e. The summed E-state index contributed by atoms with van der Waals surface area (Å²) in [6.07, 6.45) is 4.04. The van der Waals surface area contributed by atoms with Crippen LogP contribution in [0.3, 0.4) is 0 Å². The fourth-order valence-electron chi connectivity index (χ4n) is 1.68. The number of hydrogen-bond donors (Lipinski definition) is 3. The quantitative estimate of drug-likeness (QED) is 0.428. The van der Waals surface area contributed by atoms with E-state index in [0.29, 0.717) is 21.4 Å². The van der Waals surface area contributed by atoms with Crippen molar-refractivity contribution in [3.63, 3.8) is 0 Å². The van der Waals surface area contributed by atoms with E-state index in [0.717, 1.165) is 6.08 Å². The van der Waals surface area contributed by atoms with Gasteiger partial charge in [0.15, 0.2) is 0 Å². The minimum Gasteiger partial charge on any atom is -0.467 e. The van der Waals surface area contributed by atoms with Crippen LogP contribution >= 0.6 is 23.2 Å². The van der Waals surface area contributed by atoms with Crippen molar-refractivity contribution >= 4 is 47.0 Å². The standard InChI is InChI=1S/C16H13Cl2N3O4/c17-11-5-3-10(13(18)8-11)4-6-14(22)20-21-16(24)15(23)19-9-12-2-1-7-25-12/h1-8H,9H2,(H,19,23)(H,20,22)(H,21,24)/b6-4+. The van der Waals surface area contributed by atoms with Gasteiger partial charge in [0.25, 0.3) is 5.91 Å². The summed E-state index contributed by atoms with van der Waals surface area (Å²) < 4.78 is 5.01. The van der Waals surface area contributed by atoms with Crippen molar-refractivity contribution in [2.45, 2.75) is 6.54 Å². The van der Waals surface area contributed by atoms with Crippen molar-refractivity contribution in [1.29, 1.82) is 0 Å². The molecule has 130 valence electrons. The third kappa shape index (κ3) is 5.98. The summed E-state index contributed by atoms with van der Waals surface area (Å²) in [6.45, 7) is 0.0577. The highest BCUT2D eigenvalue weighted by Crippen LogP contribution is 2.21. The molecule has 9 heteroatoms. The molecular formula is C16H13Cl2N3O4. The second kappa shape index (κ2) is 8.91. The Bertz CT molecular complexity index is 804. The summed E-state index contributed by atoms with van der Waals surface area (Å²) in [5.41, 5.74) is 4.64. The molecule has 0 aliphatic carbocycles. The van der Waals surface area contributed by atoms with Crippen LogP contribution in [0.2, 0.25) is 10.0 Å². The van der Waals surface area contributed by atoms with Gasteiger partial charge in [0, 0.05) is 16.1 Å². The summed E-state index contributed by atoms with van der Waals surface area (Å²) in [7, 11) is 0. The molecular weight excluding hydrogens is 369 g/mol. The first-order chi connectivity index (χ1) is 12.0. The van der Waals surface area contributed by atoms with Crippen molar-refractivity contribution in [3.8, 4) is 0 Å². The van der Waals surface area contributed by atoms with E-state index < -0.39 is 17.7 Å². The lowest BCUT2D eigenvalue weighted by Crippen LogP contribution is -2.47. The van der Waals surface area contributed by atoms with E-state index in [-0.39, 0.29) is 6.54 Å². The van der Waals surface area contributed by atoms with Crippen molar-refractivity contribution in [1.82, 2.24) is 16.2 Å². The van der Waals surface area contributed by atoms with E-state index in [1.165, 1.54) is 18.4 Å². The predicted octanol–water partition coefficient (Wildman–Crippen LogP) is 2.06. The number of furan rings is 1. The molecule has 0 bridgehead atoms. The minimum atomic E-state index is -1.02. The summed E-state index contributed by atoms with van der Waals surface area (Å²) in [5, 5.41) is 3.18. The van der Waals surface area contributed by atoms with E-state index in [2.05, 4.69) is 10.7 Å². The van der Waals surface area contributed by atoms with Crippen molar-refractivity contribution < 1.29 is 18.8 Å². The number of rotatable bonds is 4. The van der Waals surface area contributed by atoms with Crippen molar-refractivity contribution in [2.24, 2.45) is 0 Å². The van der Waals surface area contributed by atoms with Crippen molar-refractivity contribution in [2.75, 3.05) is 0 Å². The molecule has 25 heavy (non-hydrogen) atoms. The Labute approximate surface area is 152 Å². The van der Waals surface area contributed by atoms with Gasteiger partial charge in [-0.25, -0.2) is 0 Å². The number of benzene rings is 1. The molecule has 0 radical (unpaired) electrons. The number of carbonyl (C=O) groups is 3. The molecule has 0 unspecified atom stereocenters. The maximum Gasteiger partial charge on any atom is 0.327 e. The molecule has 1 aromatic heterocycles. The van der Waals surface area contributed by atoms with Crippen LogP contribution in [-0.2, 0) is 20.9 Å². The number of hydrazine groups is 1. The maximum atomic E-state index is 11.6. The number of amides is 3. The number of hydrogen-bond acceptors (Lipinski definition) is 4. The second-order valence-electron chi connectivity index (χ2n) is 4.70. The van der Waals surface area contributed by atoms with Gasteiger partial charge in [-0.2, -0.15) is 0 Å². The third-order valence-electron chi connectivity index (χ3n) is 2.89. The van der Waals surface area contributed by atoms with E-state index >= 15 is 0 Å². The van der Waals surface area contributed by atoms with Gasteiger partial charge in [-0.3, -0.25) is 25.2 Å². The van der Waals surface area contributed by atoms with Gasteiger partial charge in [-0.05, 0) is 35.9 Å². The normalized spacial score (nSPS) is 10.5. The minimum absolute atomic E-state index is 0.0577. The average Bonchev–Trinajstić information content (AvgIpc) is 3.10. The van der Waals surface area contributed by atoms with E-state index in [9.17, 15) is 14.4 Å². The largest absolute Gasteiger partial charge is 0.467 e. The number of nitrogens with one attached hydrogen (secondary N) is 3. The molecule has 7 nitrogen and oxygen atoms in total. The lowest BCUT2D eigenvalue weighted by atomic mass is 10.2. The first-order valence-corrected chi connectivity index (χ1v) is 7.75. The van der Waals surface area contributed by atoms with E-state index in [4.69, 9.17) is 27.6 Å². The SMILES string of the molecule is O=C(/C=C/c1ccc(Cl)cc1Cl)NNC(=O)C(=O)NCc1ccco1. The zero-order valence-electron chi connectivity index (χ0n) is 12.7. The van der Waals surface area contributed by atoms with Crippen LogP contribution in [-0.4, -0.2) is 17.7 Å². The van der Waals surface area contributed by atoms with Crippen LogP contribution in [0.5, 0.6) is 0 Å². The molecule has 0 fully saturated rings. The highest BCUT2D eigenvalue weighted by Gasteiger charge is 2.13. The van der Waals surface area contributed by atoms with Gasteiger partial charge in [0.05, 0.1) is 12.8 Å². The Balaban J connectivity index is 1.77. The second-order valence-corrected chi connectivity index (χ2v) is 5.55. The molecule has 0 atom stereocenters. The molecule has 0 saturated heterocycles. The van der Waals surface area contributed by atoms with Gasteiger partial charge in [-0.1, -0.05) is 29.3 Å². The van der Waals surface area contributed by atoms with Crippen LogP contribution in [0.4, 0.5) is 0 Å². The van der Waals surface area contributed by atoms with Crippen LogP contribution in [0, 0.1) is 0 Å². The van der Waals surface area contributed by atoms with Crippen molar-refractivity contribution in [3.05, 3.63) is 64.0 Å². The molecule has 2 rings (SSSR count). The van der Waals surface area contributed by atoms with Gasteiger partial charge >= 0.3 is 11.8 Å². The van der Waals surface area contributed by atoms with E-state index in [1.54, 1.807) is 24.3 Å². The molecule has 3 N–H and O–H groups in total. The number of halogens is 2. The van der Waals surface area contributed by atoms with Gasteiger partial charge in [-0.15, -0.1) is 0 Å². The van der Waals surface area contributed by atoms with E-state index in [1.807, 2.05) is 5.43 Å². The highest BCUT2D eigenvalue weighted by molar-refractivity contribution is 6.36. The molecule has 0 aliphatic rings. The molecule has 0 saturated carbocycles. The number of carbonyl (C=O) groups excluding carboxylic acids is 3. The van der Waals surface area contributed by atoms with Crippen LogP contribution in [0.1, 0.15) is 11.3 Å². The first-order valence-electron chi connectivity index (χ1n) is 6.99. The summed E-state index contributed by atoms with van der Waals surface area (Å²) in [6, 6.07) is 8.09. The lowest BCUT2D eigenvalue weighted by Gasteiger charge is -2.05. The molecule has 3 amide bonds. The molecule has 1 aromatic carbocycles. The molecule has 0 spiro atoms. The topological polar surface area (TPSA) is 100 Å². The monoisotopic (exact) mass is 381 g/mol. The Morgan fingerprint density at radius 1 is 1.08 bits per heavy atom. The summed E-state index contributed by atoms with van der Waals surface area (Å²) in [4.78, 5) is 34.7. The van der Waals surface area contributed by atoms with Gasteiger partial charge in [0.2, 0.25) is 0 Å². The predicted molar refractivity (Wildman–Crippen MR) is 92.3 cm³/mol. The fourth-order valence-corrected chi connectivity index (χ4v) is 2.15. The average molecular weight is 382 g/mol. The van der Waals surface area contributed by atoms with Crippen LogP contribution in [0.15, 0.2) is 47.1 Å².